The topological polar surface area (TPSA) is 26.3 Å². The van der Waals surface area contributed by atoms with Crippen molar-refractivity contribution in [2.45, 2.75) is 106 Å². The van der Waals surface area contributed by atoms with Gasteiger partial charge in [-0.05, 0) is 93.5 Å². The van der Waals surface area contributed by atoms with Gasteiger partial charge in [0.2, 0.25) is 0 Å². The van der Waals surface area contributed by atoms with Crippen LogP contribution in [0.1, 0.15) is 87.0 Å². The minimum Gasteiger partial charge on any atom is -0.416 e. The molecule has 3 saturated carbocycles. The van der Waals surface area contributed by atoms with Gasteiger partial charge in [0.25, 0.3) is 0 Å². The summed E-state index contributed by atoms with van der Waals surface area (Å²) in [5.74, 6) is 3.47. The zero-order valence-corrected chi connectivity index (χ0v) is 22.3. The van der Waals surface area contributed by atoms with Gasteiger partial charge >= 0.3 is 0 Å². The zero-order valence-electron chi connectivity index (χ0n) is 21.1. The lowest BCUT2D eigenvalue weighted by Gasteiger charge is -2.62. The summed E-state index contributed by atoms with van der Waals surface area (Å²) in [5.41, 5.74) is 1.98. The van der Waals surface area contributed by atoms with E-state index in [1.165, 1.54) is 37.7 Å². The van der Waals surface area contributed by atoms with Gasteiger partial charge in [0.05, 0.1) is 6.10 Å². The molecule has 1 unspecified atom stereocenters. The van der Waals surface area contributed by atoms with E-state index in [-0.39, 0.29) is 16.9 Å². The molecule has 2 nitrogen and oxygen atoms in total. The average Bonchev–Trinajstić information content (AvgIpc) is 2.97. The maximum Gasteiger partial charge on any atom is 0.171 e. The lowest BCUT2D eigenvalue weighted by atomic mass is 9.43. The number of rotatable bonds is 2. The molecule has 0 bridgehead atoms. The molecule has 30 heavy (non-hydrogen) atoms. The molecule has 0 radical (unpaired) electrons. The molecule has 0 heterocycles. The number of carbonyl (C=O) groups excluding carboxylic acids is 1. The lowest BCUT2D eigenvalue weighted by molar-refractivity contribution is -0.142. The second-order valence-corrected chi connectivity index (χ2v) is 15.8. The van der Waals surface area contributed by atoms with Crippen LogP contribution in [-0.4, -0.2) is 20.9 Å². The van der Waals surface area contributed by atoms with E-state index in [9.17, 15) is 4.79 Å². The smallest absolute Gasteiger partial charge is 0.171 e. The van der Waals surface area contributed by atoms with Crippen molar-refractivity contribution in [2.75, 3.05) is 0 Å². The Morgan fingerprint density at radius 2 is 1.70 bits per heavy atom. The average molecular weight is 431 g/mol. The first-order chi connectivity index (χ1) is 13.7. The highest BCUT2D eigenvalue weighted by Crippen LogP contribution is 2.69. The largest absolute Gasteiger partial charge is 0.416 e. The van der Waals surface area contributed by atoms with E-state index in [0.29, 0.717) is 29.0 Å². The fourth-order valence-electron chi connectivity index (χ4n) is 9.10. The summed E-state index contributed by atoms with van der Waals surface area (Å²) < 4.78 is 6.67. The first-order valence-electron chi connectivity index (χ1n) is 12.6. The van der Waals surface area contributed by atoms with Crippen molar-refractivity contribution in [3.05, 3.63) is 11.6 Å². The predicted molar refractivity (Wildman–Crippen MR) is 128 cm³/mol. The van der Waals surface area contributed by atoms with Crippen molar-refractivity contribution in [1.29, 1.82) is 0 Å². The Morgan fingerprint density at radius 3 is 2.30 bits per heavy atom. The van der Waals surface area contributed by atoms with Gasteiger partial charge in [0.1, 0.15) is 5.78 Å². The summed E-state index contributed by atoms with van der Waals surface area (Å²) in [6.07, 6.45) is 9.85. The van der Waals surface area contributed by atoms with E-state index in [2.05, 4.69) is 67.6 Å². The quantitative estimate of drug-likeness (QED) is 0.356. The summed E-state index contributed by atoms with van der Waals surface area (Å²) in [5, 5.41) is 0. The Hall–Kier alpha value is -0.413. The van der Waals surface area contributed by atoms with E-state index in [1.54, 1.807) is 0 Å². The minimum atomic E-state index is -1.22. The van der Waals surface area contributed by atoms with E-state index < -0.39 is 9.04 Å². The van der Waals surface area contributed by atoms with E-state index in [4.69, 9.17) is 4.43 Å². The predicted octanol–water partition coefficient (Wildman–Crippen LogP) is 6.80. The molecule has 170 valence electrons. The van der Waals surface area contributed by atoms with Crippen molar-refractivity contribution in [1.82, 2.24) is 0 Å². The van der Waals surface area contributed by atoms with E-state index in [1.807, 2.05) is 0 Å². The van der Waals surface area contributed by atoms with Gasteiger partial charge in [-0.15, -0.1) is 0 Å². The molecular formula is C27H46O2Si. The standard InChI is InChI=1S/C27H46O2Si/c1-24(2,3)20-13-11-18-17-10-12-21-25(4,5)22(28)16-23(29-30(8)9)27(21,7)19(17)14-15-26(18,20)6/h12,17-20,23,30H,10-11,13-16H2,1-9H3/t17-,18-,19-,20+,23?,26-,27+/m0/s1. The number of Topliss-reactive ketones (excluding diaryl/α,β-unsaturated/α-hetero) is 1. The van der Waals surface area contributed by atoms with Crippen molar-refractivity contribution < 1.29 is 9.22 Å². The van der Waals surface area contributed by atoms with E-state index >= 15 is 0 Å². The van der Waals surface area contributed by atoms with Gasteiger partial charge in [-0.25, -0.2) is 0 Å². The van der Waals surface area contributed by atoms with Crippen LogP contribution in [0.15, 0.2) is 11.6 Å². The third-order valence-corrected chi connectivity index (χ3v) is 11.1. The van der Waals surface area contributed by atoms with Gasteiger partial charge in [-0.1, -0.05) is 46.3 Å². The molecule has 0 aliphatic heterocycles. The van der Waals surface area contributed by atoms with Crippen molar-refractivity contribution in [2.24, 2.45) is 45.3 Å². The molecule has 7 atom stereocenters. The molecule has 4 aliphatic carbocycles. The Bertz CT molecular complexity index is 744. The number of allylic oxidation sites excluding steroid dienone is 1. The monoisotopic (exact) mass is 430 g/mol. The maximum atomic E-state index is 13.1. The summed E-state index contributed by atoms with van der Waals surface area (Å²) in [6, 6.07) is 0. The van der Waals surface area contributed by atoms with Gasteiger partial charge in [0, 0.05) is 17.3 Å². The molecule has 0 aromatic carbocycles. The Balaban J connectivity index is 1.75. The summed E-state index contributed by atoms with van der Waals surface area (Å²) in [6.45, 7) is 21.4. The first-order valence-corrected chi connectivity index (χ1v) is 15.4. The van der Waals surface area contributed by atoms with Gasteiger partial charge in [0.15, 0.2) is 9.04 Å². The van der Waals surface area contributed by atoms with Crippen molar-refractivity contribution in [3.8, 4) is 0 Å². The molecule has 0 saturated heterocycles. The molecule has 0 spiro atoms. The Labute approximate surface area is 187 Å². The molecule has 4 aliphatic rings. The molecule has 0 amide bonds. The summed E-state index contributed by atoms with van der Waals surface area (Å²) in [7, 11) is -1.22. The number of hydrogen-bond donors (Lipinski definition) is 0. The number of ketones is 1. The van der Waals surface area contributed by atoms with Crippen LogP contribution in [0.5, 0.6) is 0 Å². The Morgan fingerprint density at radius 1 is 1.03 bits per heavy atom. The van der Waals surface area contributed by atoms with Crippen LogP contribution >= 0.6 is 0 Å². The highest BCUT2D eigenvalue weighted by Gasteiger charge is 2.64. The molecule has 0 aromatic heterocycles. The second-order valence-electron chi connectivity index (χ2n) is 13.5. The number of fused-ring (bicyclic) bond motifs is 5. The van der Waals surface area contributed by atoms with Crippen LogP contribution in [0.25, 0.3) is 0 Å². The maximum absolute atomic E-state index is 13.1. The molecule has 0 aromatic rings. The molecule has 0 N–H and O–H groups in total. The van der Waals surface area contributed by atoms with Crippen molar-refractivity contribution in [3.63, 3.8) is 0 Å². The highest BCUT2D eigenvalue weighted by atomic mass is 28.3. The summed E-state index contributed by atoms with van der Waals surface area (Å²) in [4.78, 5) is 13.1. The molecule has 4 rings (SSSR count). The molecular weight excluding hydrogens is 384 g/mol. The van der Waals surface area contributed by atoms with Gasteiger partial charge in [-0.3, -0.25) is 4.79 Å². The van der Waals surface area contributed by atoms with Crippen LogP contribution in [0.2, 0.25) is 13.1 Å². The minimum absolute atomic E-state index is 0.0265. The van der Waals surface area contributed by atoms with Gasteiger partial charge in [-0.2, -0.15) is 0 Å². The van der Waals surface area contributed by atoms with Crippen LogP contribution in [0.4, 0.5) is 0 Å². The highest BCUT2D eigenvalue weighted by molar-refractivity contribution is 6.48. The van der Waals surface area contributed by atoms with Crippen LogP contribution in [0.3, 0.4) is 0 Å². The van der Waals surface area contributed by atoms with Crippen LogP contribution in [-0.2, 0) is 9.22 Å². The molecule has 3 fully saturated rings. The zero-order chi connectivity index (χ0) is 22.3. The first kappa shape index (κ1) is 22.8. The van der Waals surface area contributed by atoms with Gasteiger partial charge < -0.3 is 4.43 Å². The van der Waals surface area contributed by atoms with Crippen LogP contribution in [0, 0.1) is 45.3 Å². The Kier molecular flexibility index (Phi) is 5.34. The third kappa shape index (κ3) is 3.08. The summed E-state index contributed by atoms with van der Waals surface area (Å²) >= 11 is 0. The fraction of sp³-hybridized carbons (Fsp3) is 0.889. The van der Waals surface area contributed by atoms with Crippen molar-refractivity contribution >= 4 is 14.8 Å². The molecule has 3 heteroatoms. The number of hydrogen-bond acceptors (Lipinski definition) is 2. The SMILES string of the molecule is C[SiH](C)OC1CC(=O)C(C)(C)C2=CC[C@H]3[C@@H]4CC[C@H](C(C)(C)C)[C@@]4(C)CC[C@@H]3[C@]21C. The second kappa shape index (κ2) is 7.04. The normalized spacial score (nSPS) is 45.6. The van der Waals surface area contributed by atoms with E-state index in [0.717, 1.165) is 17.8 Å². The van der Waals surface area contributed by atoms with Crippen LogP contribution < -0.4 is 0 Å². The lowest BCUT2D eigenvalue weighted by Crippen LogP contribution is -2.60. The number of carbonyl (C=O) groups is 1. The fourth-order valence-corrected chi connectivity index (χ4v) is 10.1. The third-order valence-electron chi connectivity index (χ3n) is 10.3.